The standard InChI is InChI=1S/C26H29N7OS/c1-18(2)17-32-23(27)22(25(35)31(3)26(32)34)24(30-20-8-5-4-6-9-20)28-16-19-10-12-21(13-11-19)33-15-7-14-29-33/h4-15,18,27-28,30H,16-17H2,1-3H3/b24-22-,27-23?. The Hall–Kier alpha value is -3.98. The second-order valence-electron chi connectivity index (χ2n) is 8.71. The average Bonchev–Trinajstić information content (AvgIpc) is 3.40. The molecule has 1 aromatic heterocycles. The van der Waals surface area contributed by atoms with E-state index in [0.29, 0.717) is 29.5 Å². The number of para-hydroxylation sites is 1. The monoisotopic (exact) mass is 487 g/mol. The van der Waals surface area contributed by atoms with E-state index in [4.69, 9.17) is 17.6 Å². The van der Waals surface area contributed by atoms with Crippen LogP contribution in [0, 0.1) is 11.3 Å². The van der Waals surface area contributed by atoms with Crippen molar-refractivity contribution >= 4 is 34.8 Å². The lowest BCUT2D eigenvalue weighted by molar-refractivity contribution is 0.198. The Bertz CT molecular complexity index is 1230. The number of urea groups is 1. The Labute approximate surface area is 210 Å². The number of carbonyl (C=O) groups is 1. The van der Waals surface area contributed by atoms with Crippen LogP contribution in [0.4, 0.5) is 10.5 Å². The smallest absolute Gasteiger partial charge is 0.330 e. The topological polar surface area (TPSA) is 89.3 Å². The number of thiocarbonyl (C=S) groups is 1. The number of nitrogens with one attached hydrogen (secondary N) is 3. The maximum absolute atomic E-state index is 12.9. The highest BCUT2D eigenvalue weighted by Gasteiger charge is 2.37. The van der Waals surface area contributed by atoms with Crippen LogP contribution in [-0.2, 0) is 6.54 Å². The number of amidine groups is 1. The third-order valence-electron chi connectivity index (χ3n) is 5.56. The fraction of sp³-hybridized carbons (Fsp3) is 0.231. The second-order valence-corrected chi connectivity index (χ2v) is 9.10. The summed E-state index contributed by atoms with van der Waals surface area (Å²) in [5.41, 5.74) is 3.35. The molecule has 1 aliphatic heterocycles. The first-order valence-electron chi connectivity index (χ1n) is 11.4. The number of benzene rings is 2. The van der Waals surface area contributed by atoms with Gasteiger partial charge in [0.2, 0.25) is 0 Å². The molecule has 180 valence electrons. The number of carbonyl (C=O) groups excluding carboxylic acids is 1. The lowest BCUT2D eigenvalue weighted by Crippen LogP contribution is -2.56. The summed E-state index contributed by atoms with van der Waals surface area (Å²) in [5, 5.41) is 20.0. The summed E-state index contributed by atoms with van der Waals surface area (Å²) in [5.74, 6) is 0.870. The van der Waals surface area contributed by atoms with Crippen molar-refractivity contribution in [3.8, 4) is 5.69 Å². The van der Waals surface area contributed by atoms with E-state index in [1.54, 1.807) is 17.9 Å². The van der Waals surface area contributed by atoms with Crippen LogP contribution in [0.3, 0.4) is 0 Å². The van der Waals surface area contributed by atoms with E-state index in [-0.39, 0.29) is 17.8 Å². The maximum Gasteiger partial charge on any atom is 0.330 e. The predicted octanol–water partition coefficient (Wildman–Crippen LogP) is 4.61. The van der Waals surface area contributed by atoms with Gasteiger partial charge < -0.3 is 10.6 Å². The Morgan fingerprint density at radius 3 is 2.43 bits per heavy atom. The van der Waals surface area contributed by atoms with E-state index < -0.39 is 0 Å². The molecule has 8 nitrogen and oxygen atoms in total. The summed E-state index contributed by atoms with van der Waals surface area (Å²) in [6.45, 7) is 4.97. The Balaban J connectivity index is 1.65. The maximum atomic E-state index is 12.9. The molecule has 35 heavy (non-hydrogen) atoms. The molecule has 1 fully saturated rings. The second kappa shape index (κ2) is 10.5. The molecule has 2 heterocycles. The van der Waals surface area contributed by atoms with Crippen molar-refractivity contribution in [3.63, 3.8) is 0 Å². The van der Waals surface area contributed by atoms with Crippen LogP contribution in [0.1, 0.15) is 19.4 Å². The zero-order chi connectivity index (χ0) is 24.9. The minimum atomic E-state index is -0.286. The van der Waals surface area contributed by atoms with E-state index in [1.165, 1.54) is 9.80 Å². The van der Waals surface area contributed by atoms with Crippen molar-refractivity contribution in [2.24, 2.45) is 5.92 Å². The molecule has 0 spiro atoms. The average molecular weight is 488 g/mol. The summed E-state index contributed by atoms with van der Waals surface area (Å²) < 4.78 is 1.81. The van der Waals surface area contributed by atoms with E-state index in [0.717, 1.165) is 16.9 Å². The van der Waals surface area contributed by atoms with Crippen LogP contribution >= 0.6 is 12.2 Å². The van der Waals surface area contributed by atoms with Crippen molar-refractivity contribution in [2.75, 3.05) is 18.9 Å². The number of aromatic nitrogens is 2. The molecule has 0 bridgehead atoms. The molecule has 9 heteroatoms. The lowest BCUT2D eigenvalue weighted by atomic mass is 10.1. The number of amides is 2. The minimum Gasteiger partial charge on any atom is -0.367 e. The number of hydrogen-bond donors (Lipinski definition) is 3. The number of anilines is 1. The summed E-state index contributed by atoms with van der Waals surface area (Å²) in [4.78, 5) is 16.1. The fourth-order valence-corrected chi connectivity index (χ4v) is 4.04. The molecule has 0 unspecified atom stereocenters. The van der Waals surface area contributed by atoms with Crippen molar-refractivity contribution in [2.45, 2.75) is 20.4 Å². The molecule has 1 saturated heterocycles. The SMILES string of the molecule is CC(C)CN1C(=N)/C(=C(\NCc2ccc(-n3cccn3)cc2)Nc2ccccc2)C(=S)N(C)C1=O. The molecule has 3 N–H and O–H groups in total. The van der Waals surface area contributed by atoms with Crippen molar-refractivity contribution in [1.29, 1.82) is 5.41 Å². The molecule has 0 atom stereocenters. The molecule has 0 aliphatic carbocycles. The van der Waals surface area contributed by atoms with Crippen molar-refractivity contribution in [1.82, 2.24) is 24.9 Å². The van der Waals surface area contributed by atoms with Crippen LogP contribution in [0.15, 0.2) is 84.5 Å². The van der Waals surface area contributed by atoms with Crippen LogP contribution in [-0.4, -0.2) is 50.0 Å². The molecule has 0 saturated carbocycles. The van der Waals surface area contributed by atoms with Crippen LogP contribution in [0.5, 0.6) is 0 Å². The molecule has 4 rings (SSSR count). The van der Waals surface area contributed by atoms with Crippen molar-refractivity contribution in [3.05, 3.63) is 90.0 Å². The third kappa shape index (κ3) is 5.41. The van der Waals surface area contributed by atoms with Gasteiger partial charge in [0.25, 0.3) is 0 Å². The highest BCUT2D eigenvalue weighted by Crippen LogP contribution is 2.23. The normalized spacial score (nSPS) is 15.6. The van der Waals surface area contributed by atoms with Gasteiger partial charge in [-0.25, -0.2) is 9.48 Å². The van der Waals surface area contributed by atoms with Crippen LogP contribution in [0.2, 0.25) is 0 Å². The number of rotatable bonds is 8. The van der Waals surface area contributed by atoms with Crippen molar-refractivity contribution < 1.29 is 4.79 Å². The fourth-order valence-electron chi connectivity index (χ4n) is 3.77. The molecular weight excluding hydrogens is 458 g/mol. The molecule has 2 amide bonds. The molecule has 1 aliphatic rings. The summed E-state index contributed by atoms with van der Waals surface area (Å²) in [6, 6.07) is 19.4. The van der Waals surface area contributed by atoms with Crippen LogP contribution in [0.25, 0.3) is 5.69 Å². The zero-order valence-electron chi connectivity index (χ0n) is 20.0. The number of hydrogen-bond acceptors (Lipinski definition) is 6. The third-order valence-corrected chi connectivity index (χ3v) is 6.04. The van der Waals surface area contributed by atoms with Gasteiger partial charge >= 0.3 is 6.03 Å². The Kier molecular flexibility index (Phi) is 7.26. The molecule has 3 aromatic rings. The Morgan fingerprint density at radius 2 is 1.80 bits per heavy atom. The van der Waals surface area contributed by atoms with Gasteiger partial charge in [0, 0.05) is 38.2 Å². The number of nitrogens with zero attached hydrogens (tertiary/aromatic N) is 4. The van der Waals surface area contributed by atoms with Gasteiger partial charge in [0.15, 0.2) is 0 Å². The van der Waals surface area contributed by atoms with Gasteiger partial charge in [-0.3, -0.25) is 15.2 Å². The quantitative estimate of drug-likeness (QED) is 0.319. The van der Waals surface area contributed by atoms with Gasteiger partial charge in [-0.1, -0.05) is 56.4 Å². The van der Waals surface area contributed by atoms with E-state index in [1.807, 2.05) is 80.7 Å². The van der Waals surface area contributed by atoms with E-state index in [2.05, 4.69) is 15.7 Å². The first-order chi connectivity index (χ1) is 16.8. The zero-order valence-corrected chi connectivity index (χ0v) is 20.8. The van der Waals surface area contributed by atoms with Gasteiger partial charge in [-0.2, -0.15) is 5.10 Å². The highest BCUT2D eigenvalue weighted by atomic mass is 32.1. The Morgan fingerprint density at radius 1 is 1.09 bits per heavy atom. The summed E-state index contributed by atoms with van der Waals surface area (Å²) in [6.07, 6.45) is 3.64. The van der Waals surface area contributed by atoms with Gasteiger partial charge in [0.1, 0.15) is 16.6 Å². The number of likely N-dealkylation sites (N-methyl/N-ethyl adjacent to an activating group) is 1. The highest BCUT2D eigenvalue weighted by molar-refractivity contribution is 7.80. The largest absolute Gasteiger partial charge is 0.367 e. The molecule has 0 radical (unpaired) electrons. The minimum absolute atomic E-state index is 0.0896. The summed E-state index contributed by atoms with van der Waals surface area (Å²) in [7, 11) is 1.65. The van der Waals surface area contributed by atoms with Gasteiger partial charge in [-0.15, -0.1) is 0 Å². The molecular formula is C26H29N7OS. The predicted molar refractivity (Wildman–Crippen MR) is 143 cm³/mol. The van der Waals surface area contributed by atoms with E-state index >= 15 is 0 Å². The van der Waals surface area contributed by atoms with Gasteiger partial charge in [0.05, 0.1) is 11.3 Å². The lowest BCUT2D eigenvalue weighted by Gasteiger charge is -2.37. The first kappa shape index (κ1) is 24.2. The first-order valence-corrected chi connectivity index (χ1v) is 11.8. The van der Waals surface area contributed by atoms with Gasteiger partial charge in [-0.05, 0) is 41.8 Å². The van der Waals surface area contributed by atoms with Crippen LogP contribution < -0.4 is 10.6 Å². The summed E-state index contributed by atoms with van der Waals surface area (Å²) >= 11 is 5.65. The molecule has 2 aromatic carbocycles. The van der Waals surface area contributed by atoms with E-state index in [9.17, 15) is 4.79 Å².